The summed E-state index contributed by atoms with van der Waals surface area (Å²) in [5.41, 5.74) is 1.44. The molecular weight excluding hydrogens is 399 g/mol. The Hall–Kier alpha value is -0.820. The molecule has 1 aliphatic rings. The van der Waals surface area contributed by atoms with Gasteiger partial charge in [0.25, 0.3) is 0 Å². The molecule has 0 bridgehead atoms. The predicted octanol–water partition coefficient (Wildman–Crippen LogP) is 2.74. The summed E-state index contributed by atoms with van der Waals surface area (Å²) in [4.78, 5) is 6.85. The smallest absolute Gasteiger partial charge is 0.190 e. The highest BCUT2D eigenvalue weighted by molar-refractivity contribution is 14.0. The average Bonchev–Trinajstić information content (AvgIpc) is 3.02. The van der Waals surface area contributed by atoms with Gasteiger partial charge in [-0.15, -0.1) is 24.0 Å². The minimum absolute atomic E-state index is 0. The SMILES string of the molecule is CCCNC(=NC)NCC1CCN(CCc2ccccc2)C1.I. The number of hydrogen-bond donors (Lipinski definition) is 2. The summed E-state index contributed by atoms with van der Waals surface area (Å²) in [5.74, 6) is 1.67. The Morgan fingerprint density at radius 3 is 2.74 bits per heavy atom. The highest BCUT2D eigenvalue weighted by Gasteiger charge is 2.22. The van der Waals surface area contributed by atoms with Crippen LogP contribution in [-0.4, -0.2) is 50.6 Å². The topological polar surface area (TPSA) is 39.7 Å². The maximum atomic E-state index is 4.26. The summed E-state index contributed by atoms with van der Waals surface area (Å²) in [6.07, 6.45) is 3.56. The number of aliphatic imine (C=N–C) groups is 1. The maximum Gasteiger partial charge on any atom is 0.190 e. The molecular formula is C18H31IN4. The fraction of sp³-hybridized carbons (Fsp3) is 0.611. The Bertz CT molecular complexity index is 450. The van der Waals surface area contributed by atoms with E-state index in [9.17, 15) is 0 Å². The number of nitrogens with zero attached hydrogens (tertiary/aromatic N) is 2. The maximum absolute atomic E-state index is 4.26. The fourth-order valence-corrected chi connectivity index (χ4v) is 2.92. The lowest BCUT2D eigenvalue weighted by Crippen LogP contribution is -2.40. The van der Waals surface area contributed by atoms with E-state index in [-0.39, 0.29) is 24.0 Å². The zero-order chi connectivity index (χ0) is 15.6. The largest absolute Gasteiger partial charge is 0.356 e. The fourth-order valence-electron chi connectivity index (χ4n) is 2.92. The van der Waals surface area contributed by atoms with Crippen molar-refractivity contribution < 1.29 is 0 Å². The Labute approximate surface area is 158 Å². The molecule has 0 amide bonds. The van der Waals surface area contributed by atoms with Crippen molar-refractivity contribution in [2.75, 3.05) is 39.8 Å². The quantitative estimate of drug-likeness (QED) is 0.397. The lowest BCUT2D eigenvalue weighted by atomic mass is 10.1. The number of rotatable bonds is 7. The van der Waals surface area contributed by atoms with E-state index in [0.29, 0.717) is 0 Å². The molecule has 130 valence electrons. The Morgan fingerprint density at radius 1 is 1.26 bits per heavy atom. The average molecular weight is 430 g/mol. The summed E-state index contributed by atoms with van der Waals surface area (Å²) in [5, 5.41) is 6.78. The summed E-state index contributed by atoms with van der Waals surface area (Å²) in [7, 11) is 1.84. The van der Waals surface area contributed by atoms with E-state index >= 15 is 0 Å². The summed E-state index contributed by atoms with van der Waals surface area (Å²) < 4.78 is 0. The number of halogens is 1. The summed E-state index contributed by atoms with van der Waals surface area (Å²) in [6, 6.07) is 10.8. The van der Waals surface area contributed by atoms with Crippen LogP contribution in [0.25, 0.3) is 0 Å². The number of likely N-dealkylation sites (tertiary alicyclic amines) is 1. The van der Waals surface area contributed by atoms with Crippen molar-refractivity contribution in [3.8, 4) is 0 Å². The molecule has 0 aliphatic carbocycles. The molecule has 4 nitrogen and oxygen atoms in total. The van der Waals surface area contributed by atoms with E-state index in [1.54, 1.807) is 0 Å². The van der Waals surface area contributed by atoms with Gasteiger partial charge in [0.1, 0.15) is 0 Å². The first-order chi connectivity index (χ1) is 10.8. The normalized spacial score (nSPS) is 18.5. The lowest BCUT2D eigenvalue weighted by molar-refractivity contribution is 0.328. The van der Waals surface area contributed by atoms with Crippen LogP contribution in [-0.2, 0) is 6.42 Å². The number of hydrogen-bond acceptors (Lipinski definition) is 2. The van der Waals surface area contributed by atoms with Crippen molar-refractivity contribution in [1.82, 2.24) is 15.5 Å². The zero-order valence-electron chi connectivity index (χ0n) is 14.4. The molecule has 0 spiro atoms. The standard InChI is InChI=1S/C18H30N4.HI/c1-3-11-20-18(19-2)21-14-17-10-13-22(15-17)12-9-16-7-5-4-6-8-16;/h4-8,17H,3,9-15H2,1-2H3,(H2,19,20,21);1H. The Morgan fingerprint density at radius 2 is 2.04 bits per heavy atom. The van der Waals surface area contributed by atoms with Gasteiger partial charge in [0, 0.05) is 33.2 Å². The first kappa shape index (κ1) is 20.2. The van der Waals surface area contributed by atoms with Crippen molar-refractivity contribution >= 4 is 29.9 Å². The molecule has 1 atom stereocenters. The first-order valence-corrected chi connectivity index (χ1v) is 8.52. The van der Waals surface area contributed by atoms with Crippen LogP contribution in [0.3, 0.4) is 0 Å². The van der Waals surface area contributed by atoms with Crippen LogP contribution in [0.4, 0.5) is 0 Å². The Balaban J connectivity index is 0.00000264. The molecule has 0 aromatic heterocycles. The van der Waals surface area contributed by atoms with E-state index < -0.39 is 0 Å². The number of benzene rings is 1. The number of nitrogens with one attached hydrogen (secondary N) is 2. The summed E-state index contributed by atoms with van der Waals surface area (Å²) in [6.45, 7) is 7.76. The third kappa shape index (κ3) is 7.52. The molecule has 0 saturated carbocycles. The van der Waals surface area contributed by atoms with Gasteiger partial charge in [-0.05, 0) is 37.3 Å². The molecule has 0 radical (unpaired) electrons. The van der Waals surface area contributed by atoms with Crippen LogP contribution in [0, 0.1) is 5.92 Å². The highest BCUT2D eigenvalue weighted by Crippen LogP contribution is 2.15. The Kier molecular flexibility index (Phi) is 10.3. The van der Waals surface area contributed by atoms with Gasteiger partial charge in [0.2, 0.25) is 0 Å². The van der Waals surface area contributed by atoms with Crippen molar-refractivity contribution in [1.29, 1.82) is 0 Å². The monoisotopic (exact) mass is 430 g/mol. The van der Waals surface area contributed by atoms with Gasteiger partial charge in [-0.2, -0.15) is 0 Å². The molecule has 1 heterocycles. The predicted molar refractivity (Wildman–Crippen MR) is 110 cm³/mol. The summed E-state index contributed by atoms with van der Waals surface area (Å²) >= 11 is 0. The van der Waals surface area contributed by atoms with Crippen molar-refractivity contribution in [3.05, 3.63) is 35.9 Å². The van der Waals surface area contributed by atoms with E-state index in [4.69, 9.17) is 0 Å². The molecule has 1 aliphatic heterocycles. The van der Waals surface area contributed by atoms with Crippen LogP contribution >= 0.6 is 24.0 Å². The van der Waals surface area contributed by atoms with Gasteiger partial charge in [0.15, 0.2) is 5.96 Å². The van der Waals surface area contributed by atoms with E-state index in [1.165, 1.54) is 31.6 Å². The first-order valence-electron chi connectivity index (χ1n) is 8.52. The van der Waals surface area contributed by atoms with Gasteiger partial charge < -0.3 is 15.5 Å². The molecule has 1 aromatic rings. The van der Waals surface area contributed by atoms with Crippen molar-refractivity contribution in [2.24, 2.45) is 10.9 Å². The minimum Gasteiger partial charge on any atom is -0.356 e. The molecule has 1 fully saturated rings. The second-order valence-electron chi connectivity index (χ2n) is 6.07. The molecule has 1 saturated heterocycles. The van der Waals surface area contributed by atoms with Crippen LogP contribution in [0.5, 0.6) is 0 Å². The molecule has 23 heavy (non-hydrogen) atoms. The van der Waals surface area contributed by atoms with Gasteiger partial charge in [-0.3, -0.25) is 4.99 Å². The van der Waals surface area contributed by atoms with Crippen molar-refractivity contribution in [3.63, 3.8) is 0 Å². The van der Waals surface area contributed by atoms with Crippen LogP contribution in [0.2, 0.25) is 0 Å². The molecule has 1 unspecified atom stereocenters. The van der Waals surface area contributed by atoms with Gasteiger partial charge in [0.05, 0.1) is 0 Å². The molecule has 5 heteroatoms. The third-order valence-electron chi connectivity index (χ3n) is 4.25. The van der Waals surface area contributed by atoms with E-state index in [0.717, 1.165) is 37.8 Å². The van der Waals surface area contributed by atoms with Gasteiger partial charge in [-0.1, -0.05) is 37.3 Å². The highest BCUT2D eigenvalue weighted by atomic mass is 127. The van der Waals surface area contributed by atoms with Crippen molar-refractivity contribution in [2.45, 2.75) is 26.2 Å². The molecule has 2 N–H and O–H groups in total. The van der Waals surface area contributed by atoms with E-state index in [2.05, 4.69) is 57.8 Å². The van der Waals surface area contributed by atoms with Crippen LogP contribution in [0.15, 0.2) is 35.3 Å². The molecule has 1 aromatic carbocycles. The van der Waals surface area contributed by atoms with Gasteiger partial charge in [-0.25, -0.2) is 0 Å². The molecule has 2 rings (SSSR count). The number of guanidine groups is 1. The third-order valence-corrected chi connectivity index (χ3v) is 4.25. The lowest BCUT2D eigenvalue weighted by Gasteiger charge is -2.17. The van der Waals surface area contributed by atoms with Crippen LogP contribution in [0.1, 0.15) is 25.3 Å². The zero-order valence-corrected chi connectivity index (χ0v) is 16.8. The van der Waals surface area contributed by atoms with E-state index in [1.807, 2.05) is 7.05 Å². The minimum atomic E-state index is 0. The van der Waals surface area contributed by atoms with Crippen LogP contribution < -0.4 is 10.6 Å². The second-order valence-corrected chi connectivity index (χ2v) is 6.07. The van der Waals surface area contributed by atoms with Gasteiger partial charge >= 0.3 is 0 Å². The second kappa shape index (κ2) is 11.7.